The van der Waals surface area contributed by atoms with Crippen molar-refractivity contribution in [1.82, 2.24) is 14.9 Å². The van der Waals surface area contributed by atoms with E-state index in [0.717, 1.165) is 4.57 Å². The molecule has 2 aliphatic heterocycles. The first-order valence-corrected chi connectivity index (χ1v) is 9.52. The van der Waals surface area contributed by atoms with E-state index in [-0.39, 0.29) is 22.8 Å². The Morgan fingerprint density at radius 2 is 1.97 bits per heavy atom. The molecule has 0 bridgehead atoms. The van der Waals surface area contributed by atoms with Crippen LogP contribution in [0.5, 0.6) is 0 Å². The number of hydrogen-bond acceptors (Lipinski definition) is 7. The Morgan fingerprint density at radius 3 is 2.63 bits per heavy atom. The zero-order valence-electron chi connectivity index (χ0n) is 15.5. The number of ether oxygens (including phenoxy) is 1. The van der Waals surface area contributed by atoms with E-state index >= 15 is 0 Å². The summed E-state index contributed by atoms with van der Waals surface area (Å²) in [4.78, 5) is 40.8. The van der Waals surface area contributed by atoms with Crippen LogP contribution in [0.4, 0.5) is 5.69 Å². The van der Waals surface area contributed by atoms with Crippen molar-refractivity contribution in [2.45, 2.75) is 24.9 Å². The number of carbonyl (C=O) groups is 1. The predicted octanol–water partition coefficient (Wildman–Crippen LogP) is -0.560. The fraction of sp³-hybridized carbons (Fsp3) is 0.263. The molecule has 0 radical (unpaired) electrons. The third-order valence-corrected chi connectivity index (χ3v) is 5.17. The number of anilines is 1. The molecule has 4 N–H and O–H groups in total. The summed E-state index contributed by atoms with van der Waals surface area (Å²) in [5.41, 5.74) is -0.760. The lowest BCUT2D eigenvalue weighted by Gasteiger charge is -2.14. The van der Waals surface area contributed by atoms with E-state index in [4.69, 9.17) is 17.0 Å². The van der Waals surface area contributed by atoms with Crippen LogP contribution in [0.15, 0.2) is 51.8 Å². The Labute approximate surface area is 175 Å². The molecule has 1 aromatic carbocycles. The van der Waals surface area contributed by atoms with Crippen molar-refractivity contribution >= 4 is 35.0 Å². The molecule has 0 spiro atoms. The van der Waals surface area contributed by atoms with Gasteiger partial charge in [-0.25, -0.2) is 4.79 Å². The van der Waals surface area contributed by atoms with E-state index in [9.17, 15) is 24.6 Å². The molecule has 10 nitrogen and oxygen atoms in total. The monoisotopic (exact) mass is 430 g/mol. The van der Waals surface area contributed by atoms with Gasteiger partial charge in [-0.3, -0.25) is 24.0 Å². The van der Waals surface area contributed by atoms with Crippen LogP contribution in [0.3, 0.4) is 0 Å². The van der Waals surface area contributed by atoms with Gasteiger partial charge in [0.05, 0.1) is 24.0 Å². The van der Waals surface area contributed by atoms with Crippen molar-refractivity contribution in [3.8, 4) is 0 Å². The molecule has 2 fully saturated rings. The summed E-state index contributed by atoms with van der Waals surface area (Å²) in [6, 6.07) is 8.79. The molecule has 1 aromatic heterocycles. The van der Waals surface area contributed by atoms with Gasteiger partial charge in [-0.2, -0.15) is 0 Å². The van der Waals surface area contributed by atoms with E-state index in [1.165, 1.54) is 17.2 Å². The van der Waals surface area contributed by atoms with Gasteiger partial charge >= 0.3 is 5.69 Å². The highest BCUT2D eigenvalue weighted by atomic mass is 32.1. The fourth-order valence-electron chi connectivity index (χ4n) is 3.37. The average Bonchev–Trinajstić information content (AvgIpc) is 3.23. The molecule has 3 heterocycles. The van der Waals surface area contributed by atoms with Crippen molar-refractivity contribution in [3.63, 3.8) is 0 Å². The van der Waals surface area contributed by atoms with E-state index in [0.29, 0.717) is 5.69 Å². The van der Waals surface area contributed by atoms with Crippen molar-refractivity contribution < 1.29 is 19.7 Å². The van der Waals surface area contributed by atoms with Gasteiger partial charge in [0, 0.05) is 12.6 Å². The quantitative estimate of drug-likeness (QED) is 0.374. The number of nitrogens with zero attached hydrogens (tertiary/aromatic N) is 2. The van der Waals surface area contributed by atoms with Gasteiger partial charge < -0.3 is 20.3 Å². The Bertz CT molecular complexity index is 1140. The van der Waals surface area contributed by atoms with Crippen LogP contribution in [-0.4, -0.2) is 49.6 Å². The maximum atomic E-state index is 12.8. The predicted molar refractivity (Wildman–Crippen MR) is 111 cm³/mol. The molecule has 3 atom stereocenters. The molecule has 2 aromatic rings. The summed E-state index contributed by atoms with van der Waals surface area (Å²) in [5.74, 6) is -0.448. The number of thiocarbonyl (C=S) groups is 1. The van der Waals surface area contributed by atoms with Crippen LogP contribution in [-0.2, 0) is 9.53 Å². The Morgan fingerprint density at radius 1 is 1.23 bits per heavy atom. The Hall–Kier alpha value is -3.12. The Kier molecular flexibility index (Phi) is 5.35. The first-order chi connectivity index (χ1) is 14.4. The minimum absolute atomic E-state index is 0.0219. The molecule has 0 unspecified atom stereocenters. The number of hydrogen-bond donors (Lipinski definition) is 4. The number of H-pyrrole nitrogens is 1. The summed E-state index contributed by atoms with van der Waals surface area (Å²) in [6.45, 7) is -0.405. The lowest BCUT2D eigenvalue weighted by molar-refractivity contribution is -0.113. The molecule has 11 heteroatoms. The number of aliphatic hydroxyl groups excluding tert-OH is 2. The molecule has 1 amide bonds. The van der Waals surface area contributed by atoms with E-state index in [1.54, 1.807) is 24.3 Å². The normalized spacial score (nSPS) is 25.2. The first kappa shape index (κ1) is 20.2. The standard InChI is InChI=1S/C19H18N4O6S/c24-9-14-13(25)7-15(29-14)22-8-10(16(26)21-18(22)28)6-12-17(27)23(19(30)20-12)11-4-2-1-3-5-11/h1-6,8,13-15,24-25H,7,9H2,(H,20,30)(H,21,26,28)/b12-6-/t13-,14+,15+/m0/s1. The topological polar surface area (TPSA) is 137 Å². The van der Waals surface area contributed by atoms with Crippen LogP contribution in [0.25, 0.3) is 6.08 Å². The fourth-order valence-corrected chi connectivity index (χ4v) is 3.67. The average molecular weight is 430 g/mol. The van der Waals surface area contributed by atoms with Crippen molar-refractivity contribution in [2.75, 3.05) is 11.5 Å². The second-order valence-corrected chi connectivity index (χ2v) is 7.22. The third-order valence-electron chi connectivity index (χ3n) is 4.88. The van der Waals surface area contributed by atoms with Crippen molar-refractivity contribution in [1.29, 1.82) is 0 Å². The number of benzene rings is 1. The van der Waals surface area contributed by atoms with Crippen molar-refractivity contribution in [2.24, 2.45) is 0 Å². The smallest absolute Gasteiger partial charge is 0.330 e. The van der Waals surface area contributed by atoms with Crippen LogP contribution < -0.4 is 21.5 Å². The number of aliphatic hydroxyl groups is 2. The van der Waals surface area contributed by atoms with Crippen LogP contribution >= 0.6 is 12.2 Å². The molecule has 2 saturated heterocycles. The van der Waals surface area contributed by atoms with E-state index in [1.807, 2.05) is 6.07 Å². The molecule has 0 aliphatic carbocycles. The summed E-state index contributed by atoms with van der Waals surface area (Å²) in [6.07, 6.45) is -0.0415. The van der Waals surface area contributed by atoms with Gasteiger partial charge in [-0.05, 0) is 30.4 Å². The van der Waals surface area contributed by atoms with Crippen LogP contribution in [0, 0.1) is 0 Å². The molecule has 156 valence electrons. The van der Waals surface area contributed by atoms with Crippen LogP contribution in [0.1, 0.15) is 18.2 Å². The maximum Gasteiger partial charge on any atom is 0.330 e. The highest BCUT2D eigenvalue weighted by Gasteiger charge is 2.35. The second kappa shape index (κ2) is 7.95. The molecule has 4 rings (SSSR count). The highest BCUT2D eigenvalue weighted by Crippen LogP contribution is 2.27. The lowest BCUT2D eigenvalue weighted by atomic mass is 10.2. The van der Waals surface area contributed by atoms with Gasteiger partial charge in [0.25, 0.3) is 11.5 Å². The van der Waals surface area contributed by atoms with Gasteiger partial charge in [-0.15, -0.1) is 0 Å². The lowest BCUT2D eigenvalue weighted by Crippen LogP contribution is -2.33. The SMILES string of the molecule is O=C1/C(=C/c2cn([C@H]3C[C@H](O)[C@@H](CO)O3)c(=O)[nH]c2=O)NC(=S)N1c1ccccc1. The van der Waals surface area contributed by atoms with Gasteiger partial charge in [-0.1, -0.05) is 18.2 Å². The summed E-state index contributed by atoms with van der Waals surface area (Å²) in [5, 5.41) is 22.1. The maximum absolute atomic E-state index is 12.8. The molecular weight excluding hydrogens is 412 g/mol. The van der Waals surface area contributed by atoms with Crippen LogP contribution in [0.2, 0.25) is 0 Å². The highest BCUT2D eigenvalue weighted by molar-refractivity contribution is 7.80. The van der Waals surface area contributed by atoms with E-state index < -0.39 is 42.2 Å². The zero-order valence-corrected chi connectivity index (χ0v) is 16.3. The number of aromatic nitrogens is 2. The minimum Gasteiger partial charge on any atom is -0.394 e. The second-order valence-electron chi connectivity index (χ2n) is 6.83. The number of carbonyl (C=O) groups excluding carboxylic acids is 1. The summed E-state index contributed by atoms with van der Waals surface area (Å²) in [7, 11) is 0. The summed E-state index contributed by atoms with van der Waals surface area (Å²) >= 11 is 5.24. The van der Waals surface area contributed by atoms with E-state index in [2.05, 4.69) is 10.3 Å². The van der Waals surface area contributed by atoms with Gasteiger partial charge in [0.2, 0.25) is 0 Å². The Balaban J connectivity index is 1.67. The number of aromatic amines is 1. The minimum atomic E-state index is -0.949. The number of amides is 1. The molecule has 2 aliphatic rings. The van der Waals surface area contributed by atoms with Gasteiger partial charge in [0.15, 0.2) is 5.11 Å². The van der Waals surface area contributed by atoms with Crippen molar-refractivity contribution in [3.05, 3.63) is 68.6 Å². The third kappa shape index (κ3) is 3.59. The summed E-state index contributed by atoms with van der Waals surface area (Å²) < 4.78 is 6.59. The number of rotatable bonds is 4. The number of para-hydroxylation sites is 1. The largest absolute Gasteiger partial charge is 0.394 e. The number of nitrogens with one attached hydrogen (secondary N) is 2. The van der Waals surface area contributed by atoms with Gasteiger partial charge in [0.1, 0.15) is 18.0 Å². The first-order valence-electron chi connectivity index (χ1n) is 9.11. The zero-order chi connectivity index (χ0) is 21.4. The molecule has 30 heavy (non-hydrogen) atoms. The molecule has 0 saturated carbocycles. The molecular formula is C19H18N4O6S.